The molecule has 1 heterocycles. The predicted octanol–water partition coefficient (Wildman–Crippen LogP) is -0.453. The normalized spacial score (nSPS) is 9.94. The second kappa shape index (κ2) is 6.48. The van der Waals surface area contributed by atoms with Crippen molar-refractivity contribution in [3.05, 3.63) is 12.0 Å². The number of hydrogen-bond donors (Lipinski definition) is 3. The lowest BCUT2D eigenvalue weighted by molar-refractivity contribution is -0.119. The highest BCUT2D eigenvalue weighted by Gasteiger charge is 2.10. The molecule has 0 fully saturated rings. The molecule has 0 atom stereocenters. The Hall–Kier alpha value is -2.09. The Morgan fingerprint density at radius 2 is 2.35 bits per heavy atom. The Labute approximate surface area is 97.0 Å². The lowest BCUT2D eigenvalue weighted by atomic mass is 10.5. The molecule has 0 bridgehead atoms. The van der Waals surface area contributed by atoms with Crippen LogP contribution >= 0.6 is 0 Å². The zero-order valence-corrected chi connectivity index (χ0v) is 9.23. The summed E-state index contributed by atoms with van der Waals surface area (Å²) in [5, 5.41) is 13.7. The summed E-state index contributed by atoms with van der Waals surface area (Å²) in [5.41, 5.74) is -0.215. The molecule has 1 amide bonds. The van der Waals surface area contributed by atoms with E-state index < -0.39 is 5.97 Å². The standard InChI is InChI=1S/C9H13N3O5/c1-16-3-2-10-7(13)4-11-9-12-6(5-17-9)8(14)15/h5H,2-4H2,1H3,(H,10,13)(H,11,12)(H,14,15). The quantitative estimate of drug-likeness (QED) is 0.555. The smallest absolute Gasteiger partial charge is 0.357 e. The maximum atomic E-state index is 11.2. The Morgan fingerprint density at radius 3 is 2.94 bits per heavy atom. The number of amides is 1. The van der Waals surface area contributed by atoms with Crippen molar-refractivity contribution in [2.75, 3.05) is 32.1 Å². The first-order chi connectivity index (χ1) is 8.13. The van der Waals surface area contributed by atoms with Crippen LogP contribution in [0.3, 0.4) is 0 Å². The van der Waals surface area contributed by atoms with Gasteiger partial charge in [0.15, 0.2) is 5.69 Å². The van der Waals surface area contributed by atoms with Crippen LogP contribution in [0, 0.1) is 0 Å². The molecule has 0 saturated carbocycles. The number of rotatable bonds is 7. The van der Waals surface area contributed by atoms with E-state index in [9.17, 15) is 9.59 Å². The minimum absolute atomic E-state index is 0.00992. The van der Waals surface area contributed by atoms with E-state index in [0.717, 1.165) is 6.26 Å². The summed E-state index contributed by atoms with van der Waals surface area (Å²) in [4.78, 5) is 25.3. The summed E-state index contributed by atoms with van der Waals surface area (Å²) in [6.07, 6.45) is 0.994. The number of hydrogen-bond acceptors (Lipinski definition) is 6. The molecule has 0 aliphatic heterocycles. The first kappa shape index (κ1) is 13.0. The van der Waals surface area contributed by atoms with Crippen molar-refractivity contribution >= 4 is 17.9 Å². The van der Waals surface area contributed by atoms with Crippen molar-refractivity contribution in [1.82, 2.24) is 10.3 Å². The van der Waals surface area contributed by atoms with Gasteiger partial charge in [-0.25, -0.2) is 4.79 Å². The number of oxazole rings is 1. The number of anilines is 1. The van der Waals surface area contributed by atoms with Crippen LogP contribution in [0.4, 0.5) is 6.01 Å². The molecule has 1 aromatic rings. The van der Waals surface area contributed by atoms with Crippen LogP contribution in [0.25, 0.3) is 0 Å². The van der Waals surface area contributed by atoms with E-state index in [1.165, 1.54) is 7.11 Å². The Bertz CT molecular complexity index is 390. The molecule has 94 valence electrons. The maximum Gasteiger partial charge on any atom is 0.357 e. The molecule has 0 unspecified atom stereocenters. The van der Waals surface area contributed by atoms with E-state index in [1.807, 2.05) is 0 Å². The summed E-state index contributed by atoms with van der Waals surface area (Å²) in [6, 6.07) is -0.00992. The van der Waals surface area contributed by atoms with Gasteiger partial charge in [0.25, 0.3) is 6.01 Å². The number of carboxylic acids is 1. The van der Waals surface area contributed by atoms with Crippen molar-refractivity contribution in [2.24, 2.45) is 0 Å². The van der Waals surface area contributed by atoms with Crippen molar-refractivity contribution in [2.45, 2.75) is 0 Å². The van der Waals surface area contributed by atoms with Crippen LogP contribution in [0.15, 0.2) is 10.7 Å². The Balaban J connectivity index is 2.29. The van der Waals surface area contributed by atoms with Gasteiger partial charge in [0.05, 0.1) is 13.2 Å². The van der Waals surface area contributed by atoms with Gasteiger partial charge in [-0.3, -0.25) is 4.79 Å². The summed E-state index contributed by atoms with van der Waals surface area (Å²) in [7, 11) is 1.53. The number of aromatic carboxylic acids is 1. The van der Waals surface area contributed by atoms with Crippen LogP contribution in [0.2, 0.25) is 0 Å². The molecule has 0 saturated heterocycles. The summed E-state index contributed by atoms with van der Waals surface area (Å²) < 4.78 is 9.55. The fourth-order valence-corrected chi connectivity index (χ4v) is 0.964. The third kappa shape index (κ3) is 4.51. The van der Waals surface area contributed by atoms with Crippen LogP contribution < -0.4 is 10.6 Å². The molecule has 0 aliphatic carbocycles. The number of carbonyl (C=O) groups excluding carboxylic acids is 1. The first-order valence-electron chi connectivity index (χ1n) is 4.82. The first-order valence-corrected chi connectivity index (χ1v) is 4.82. The molecule has 1 aromatic heterocycles. The zero-order valence-electron chi connectivity index (χ0n) is 9.23. The van der Waals surface area contributed by atoms with E-state index in [1.54, 1.807) is 0 Å². The number of nitrogens with zero attached hydrogens (tertiary/aromatic N) is 1. The molecule has 17 heavy (non-hydrogen) atoms. The molecule has 1 rings (SSSR count). The largest absolute Gasteiger partial charge is 0.476 e. The molecular weight excluding hydrogens is 230 g/mol. The van der Waals surface area contributed by atoms with Crippen LogP contribution in [-0.2, 0) is 9.53 Å². The average molecular weight is 243 g/mol. The zero-order chi connectivity index (χ0) is 12.7. The third-order valence-corrected chi connectivity index (χ3v) is 1.75. The van der Waals surface area contributed by atoms with Crippen LogP contribution in [0.1, 0.15) is 10.5 Å². The van der Waals surface area contributed by atoms with Crippen LogP contribution in [0.5, 0.6) is 0 Å². The summed E-state index contributed by atoms with van der Waals surface area (Å²) in [6.45, 7) is 0.778. The van der Waals surface area contributed by atoms with Gasteiger partial charge in [-0.2, -0.15) is 4.98 Å². The Kier molecular flexibility index (Phi) is 4.95. The topological polar surface area (TPSA) is 114 Å². The minimum Gasteiger partial charge on any atom is -0.476 e. The van der Waals surface area contributed by atoms with E-state index in [2.05, 4.69) is 15.6 Å². The van der Waals surface area contributed by atoms with Gasteiger partial charge in [-0.1, -0.05) is 0 Å². The van der Waals surface area contributed by atoms with Gasteiger partial charge >= 0.3 is 5.97 Å². The average Bonchev–Trinajstić information content (AvgIpc) is 2.75. The fraction of sp³-hybridized carbons (Fsp3) is 0.444. The SMILES string of the molecule is COCCNC(=O)CNc1nc(C(=O)O)co1. The number of ether oxygens (including phenoxy) is 1. The van der Waals surface area contributed by atoms with E-state index >= 15 is 0 Å². The van der Waals surface area contributed by atoms with Gasteiger partial charge in [-0.15, -0.1) is 0 Å². The number of aromatic nitrogens is 1. The third-order valence-electron chi connectivity index (χ3n) is 1.75. The summed E-state index contributed by atoms with van der Waals surface area (Å²) >= 11 is 0. The van der Waals surface area contributed by atoms with Crippen molar-refractivity contribution in [3.63, 3.8) is 0 Å². The molecule has 8 heteroatoms. The fourth-order valence-electron chi connectivity index (χ4n) is 0.964. The molecule has 0 aliphatic rings. The highest BCUT2D eigenvalue weighted by molar-refractivity contribution is 5.85. The number of nitrogens with one attached hydrogen (secondary N) is 2. The predicted molar refractivity (Wildman–Crippen MR) is 56.8 cm³/mol. The summed E-state index contributed by atoms with van der Waals surface area (Å²) in [5.74, 6) is -1.46. The lowest BCUT2D eigenvalue weighted by Gasteiger charge is -2.04. The molecule has 0 spiro atoms. The van der Waals surface area contributed by atoms with Crippen molar-refractivity contribution in [3.8, 4) is 0 Å². The molecule has 8 nitrogen and oxygen atoms in total. The van der Waals surface area contributed by atoms with Gasteiger partial charge in [0.1, 0.15) is 6.26 Å². The molecule has 0 aromatic carbocycles. The minimum atomic E-state index is -1.19. The van der Waals surface area contributed by atoms with Crippen molar-refractivity contribution in [1.29, 1.82) is 0 Å². The molecule has 3 N–H and O–H groups in total. The van der Waals surface area contributed by atoms with E-state index in [-0.39, 0.29) is 24.2 Å². The monoisotopic (exact) mass is 243 g/mol. The van der Waals surface area contributed by atoms with Crippen LogP contribution in [-0.4, -0.2) is 48.8 Å². The highest BCUT2D eigenvalue weighted by atomic mass is 16.5. The number of carboxylic acid groups (broad SMARTS) is 1. The Morgan fingerprint density at radius 1 is 1.59 bits per heavy atom. The maximum absolute atomic E-state index is 11.2. The van der Waals surface area contributed by atoms with Gasteiger partial charge in [0.2, 0.25) is 5.91 Å². The molecular formula is C9H13N3O5. The van der Waals surface area contributed by atoms with Gasteiger partial charge in [0, 0.05) is 13.7 Å². The van der Waals surface area contributed by atoms with E-state index in [0.29, 0.717) is 13.2 Å². The van der Waals surface area contributed by atoms with E-state index in [4.69, 9.17) is 14.3 Å². The van der Waals surface area contributed by atoms with Gasteiger partial charge in [-0.05, 0) is 0 Å². The second-order valence-electron chi connectivity index (χ2n) is 3.04. The second-order valence-corrected chi connectivity index (χ2v) is 3.04. The number of methoxy groups -OCH3 is 1. The lowest BCUT2D eigenvalue weighted by Crippen LogP contribution is -2.32. The number of carbonyl (C=O) groups is 2. The highest BCUT2D eigenvalue weighted by Crippen LogP contribution is 2.06. The van der Waals surface area contributed by atoms with Crippen molar-refractivity contribution < 1.29 is 23.8 Å². The molecule has 0 radical (unpaired) electrons. The van der Waals surface area contributed by atoms with Gasteiger partial charge < -0.3 is 24.9 Å².